The number of piperazine rings is 1. The van der Waals surface area contributed by atoms with Crippen LogP contribution in [0.15, 0.2) is 67.3 Å². The van der Waals surface area contributed by atoms with Crippen LogP contribution in [-0.4, -0.2) is 124 Å². The fraction of sp³-hybridized carbons (Fsp3) is 0.439. The minimum absolute atomic E-state index is 0.132. The quantitative estimate of drug-likeness (QED) is 0.0797. The van der Waals surface area contributed by atoms with Gasteiger partial charge >= 0.3 is 18.2 Å². The summed E-state index contributed by atoms with van der Waals surface area (Å²) in [6.45, 7) is 5.39. The van der Waals surface area contributed by atoms with Gasteiger partial charge in [0, 0.05) is 68.5 Å². The van der Waals surface area contributed by atoms with Crippen molar-refractivity contribution in [3.63, 3.8) is 0 Å². The molecule has 1 aromatic heterocycles. The third-order valence-electron chi connectivity index (χ3n) is 9.73. The normalized spacial score (nSPS) is 19.0. The number of ether oxygens (including phenoxy) is 6. The maximum atomic E-state index is 15.8. The van der Waals surface area contributed by atoms with Crippen LogP contribution in [0, 0.1) is 28.8 Å². The number of nitriles is 1. The van der Waals surface area contributed by atoms with Crippen molar-refractivity contribution in [2.45, 2.75) is 61.9 Å². The van der Waals surface area contributed by atoms with Crippen molar-refractivity contribution in [1.82, 2.24) is 24.6 Å². The Morgan fingerprint density at radius 3 is 2.44 bits per heavy atom. The number of benzene rings is 2. The van der Waals surface area contributed by atoms with Crippen molar-refractivity contribution >= 4 is 42.0 Å². The van der Waals surface area contributed by atoms with Crippen molar-refractivity contribution in [2.24, 2.45) is 5.73 Å². The van der Waals surface area contributed by atoms with Crippen LogP contribution in [0.2, 0.25) is 0 Å². The summed E-state index contributed by atoms with van der Waals surface area (Å²) >= 11 is 1.23. The minimum atomic E-state index is -1.94. The van der Waals surface area contributed by atoms with Gasteiger partial charge < -0.3 is 39.1 Å². The fourth-order valence-corrected chi connectivity index (χ4v) is 7.93. The molecular weight excluding hydrogens is 840 g/mol. The molecule has 0 saturated carbocycles. The van der Waals surface area contributed by atoms with Gasteiger partial charge in [0.25, 0.3) is 0 Å². The summed E-state index contributed by atoms with van der Waals surface area (Å²) in [5, 5.41) is 11.9. The summed E-state index contributed by atoms with van der Waals surface area (Å²) in [5.74, 6) is -3.55. The Hall–Kier alpha value is -5.95. The van der Waals surface area contributed by atoms with Crippen molar-refractivity contribution < 1.29 is 60.8 Å². The summed E-state index contributed by atoms with van der Waals surface area (Å²) in [6, 6.07) is 8.83. The molecule has 2 amide bonds. The molecule has 0 radical (unpaired) electrons. The van der Waals surface area contributed by atoms with Gasteiger partial charge in [-0.1, -0.05) is 24.3 Å². The molecule has 3 aromatic rings. The SMILES string of the molecule is CC(OC(=O)CCC(=O)N1CCN(CCOC(N)=O)CC1)OC(=O)O[C@@](Cn1cncn1)(c1ccc(F)cc1F)[C@@H](C)SC1COC(/C=C/C=C/c2ccc(C#N)cc2F)OC1. The van der Waals surface area contributed by atoms with Crippen LogP contribution in [-0.2, 0) is 50.2 Å². The van der Waals surface area contributed by atoms with Crippen LogP contribution in [0.25, 0.3) is 6.08 Å². The molecule has 332 valence electrons. The molecule has 2 saturated heterocycles. The maximum absolute atomic E-state index is 15.8. The lowest BCUT2D eigenvalue weighted by atomic mass is 9.89. The molecule has 3 atom stereocenters. The Kier molecular flexibility index (Phi) is 17.3. The van der Waals surface area contributed by atoms with Gasteiger partial charge in [0.1, 0.15) is 36.7 Å². The number of nitrogens with zero attached hydrogens (tertiary/aromatic N) is 6. The standard InChI is InChI=1S/C41H46F3N7O10S/c1-27(62-32-22-57-38(58-23-32)6-4-3-5-30-8-7-29(21-45)19-34(30)43)41(24-51-26-47-25-48-51,33-10-9-31(42)20-35(33)44)61-40(55)60-28(2)59-37(53)12-11-36(52)50-15-13-49(14-16-50)17-18-56-39(46)54/h3-10,19-20,25-28,32,38H,11-18,22-24H2,1-2H3,(H2,46,54)/b5-3+,6-4+/t27-,28?,32?,38?,41-/m1/s1. The smallest absolute Gasteiger partial charge is 0.448 e. The first kappa shape index (κ1) is 47.1. The first-order valence-electron chi connectivity index (χ1n) is 19.5. The number of amides is 2. The second-order valence-corrected chi connectivity index (χ2v) is 15.7. The third kappa shape index (κ3) is 13.8. The number of esters is 1. The predicted molar refractivity (Wildman–Crippen MR) is 215 cm³/mol. The molecular formula is C41H46F3N7O10S. The van der Waals surface area contributed by atoms with Gasteiger partial charge in [-0.3, -0.25) is 14.5 Å². The molecule has 2 fully saturated rings. The molecule has 62 heavy (non-hydrogen) atoms. The monoisotopic (exact) mass is 885 g/mol. The van der Waals surface area contributed by atoms with Crippen molar-refractivity contribution in [3.05, 3.63) is 101 Å². The second kappa shape index (κ2) is 22.8. The number of aromatic nitrogens is 3. The van der Waals surface area contributed by atoms with E-state index in [-0.39, 0.29) is 67.1 Å². The summed E-state index contributed by atoms with van der Waals surface area (Å²) in [4.78, 5) is 57.4. The van der Waals surface area contributed by atoms with Crippen LogP contribution in [0.3, 0.4) is 0 Å². The maximum Gasteiger partial charge on any atom is 0.512 e. The lowest BCUT2D eigenvalue weighted by Crippen LogP contribution is -2.49. The van der Waals surface area contributed by atoms with Gasteiger partial charge in [-0.05, 0) is 37.3 Å². The van der Waals surface area contributed by atoms with E-state index in [2.05, 4.69) is 10.1 Å². The lowest BCUT2D eigenvalue weighted by Gasteiger charge is -2.40. The molecule has 5 rings (SSSR count). The number of primary amides is 1. The Labute approximate surface area is 359 Å². The van der Waals surface area contributed by atoms with E-state index in [0.29, 0.717) is 38.8 Å². The van der Waals surface area contributed by atoms with Crippen LogP contribution in [0.1, 0.15) is 43.4 Å². The Morgan fingerprint density at radius 2 is 1.77 bits per heavy atom. The Balaban J connectivity index is 1.19. The molecule has 21 heteroatoms. The van der Waals surface area contributed by atoms with Crippen LogP contribution >= 0.6 is 11.8 Å². The summed E-state index contributed by atoms with van der Waals surface area (Å²) < 4.78 is 78.6. The van der Waals surface area contributed by atoms with Gasteiger partial charge in [0.2, 0.25) is 12.2 Å². The van der Waals surface area contributed by atoms with Crippen molar-refractivity contribution in [3.8, 4) is 6.07 Å². The van der Waals surface area contributed by atoms with E-state index in [1.807, 2.05) is 11.0 Å². The molecule has 1 unspecified atom stereocenters. The number of hydrogen-bond acceptors (Lipinski definition) is 15. The molecule has 17 nitrogen and oxygen atoms in total. The van der Waals surface area contributed by atoms with Crippen LogP contribution in [0.5, 0.6) is 0 Å². The van der Waals surface area contributed by atoms with Gasteiger partial charge in [-0.2, -0.15) is 10.4 Å². The summed E-state index contributed by atoms with van der Waals surface area (Å²) in [7, 11) is 0. The molecule has 2 N–H and O–H groups in total. The molecule has 0 spiro atoms. The number of hydrogen-bond donors (Lipinski definition) is 1. The van der Waals surface area contributed by atoms with E-state index in [1.165, 1.54) is 54.2 Å². The Bertz CT molecular complexity index is 2110. The van der Waals surface area contributed by atoms with Crippen LogP contribution in [0.4, 0.5) is 22.8 Å². The fourth-order valence-electron chi connectivity index (χ4n) is 6.57. The highest BCUT2D eigenvalue weighted by Crippen LogP contribution is 2.42. The van der Waals surface area contributed by atoms with E-state index < -0.39 is 59.1 Å². The largest absolute Gasteiger partial charge is 0.512 e. The highest BCUT2D eigenvalue weighted by molar-refractivity contribution is 8.00. The molecule has 2 aromatic carbocycles. The van der Waals surface area contributed by atoms with Gasteiger partial charge in [-0.25, -0.2) is 32.4 Å². The summed E-state index contributed by atoms with van der Waals surface area (Å²) in [6.07, 6.45) is 3.97. The van der Waals surface area contributed by atoms with E-state index in [1.54, 1.807) is 30.1 Å². The van der Waals surface area contributed by atoms with E-state index in [4.69, 9.17) is 39.4 Å². The zero-order valence-corrected chi connectivity index (χ0v) is 34.7. The highest BCUT2D eigenvalue weighted by Gasteiger charge is 2.47. The number of halogens is 3. The second-order valence-electron chi connectivity index (χ2n) is 14.1. The minimum Gasteiger partial charge on any atom is -0.448 e. The first-order valence-corrected chi connectivity index (χ1v) is 20.4. The highest BCUT2D eigenvalue weighted by atomic mass is 32.2. The van der Waals surface area contributed by atoms with Crippen molar-refractivity contribution in [2.75, 3.05) is 52.5 Å². The molecule has 2 aliphatic heterocycles. The first-order chi connectivity index (χ1) is 29.7. The zero-order valence-electron chi connectivity index (χ0n) is 33.9. The van der Waals surface area contributed by atoms with Gasteiger partial charge in [0.15, 0.2) is 11.9 Å². The number of thioether (sulfide) groups is 1. The molecule has 3 heterocycles. The van der Waals surface area contributed by atoms with Gasteiger partial charge in [0.05, 0.1) is 43.1 Å². The average molecular weight is 886 g/mol. The zero-order chi connectivity index (χ0) is 44.6. The number of carbonyl (C=O) groups is 4. The van der Waals surface area contributed by atoms with Crippen LogP contribution < -0.4 is 5.73 Å². The predicted octanol–water partition coefficient (Wildman–Crippen LogP) is 4.66. The average Bonchev–Trinajstić information content (AvgIpc) is 3.75. The molecule has 0 aliphatic carbocycles. The number of rotatable bonds is 18. The van der Waals surface area contributed by atoms with Crippen molar-refractivity contribution in [1.29, 1.82) is 5.26 Å². The van der Waals surface area contributed by atoms with E-state index in [9.17, 15) is 28.0 Å². The lowest BCUT2D eigenvalue weighted by molar-refractivity contribution is -0.172. The number of carbonyl (C=O) groups excluding carboxylic acids is 4. The number of nitrogens with two attached hydrogens (primary N) is 1. The third-order valence-corrected chi connectivity index (χ3v) is 11.2. The van der Waals surface area contributed by atoms with Gasteiger partial charge in [-0.15, -0.1) is 11.8 Å². The Morgan fingerprint density at radius 1 is 1.02 bits per heavy atom. The topological polar surface area (TPSA) is 211 Å². The van der Waals surface area contributed by atoms with E-state index >= 15 is 4.39 Å². The summed E-state index contributed by atoms with van der Waals surface area (Å²) in [5.41, 5.74) is 3.33. The molecule has 0 bridgehead atoms. The number of allylic oxidation sites excluding steroid dienone is 2. The molecule has 2 aliphatic rings. The van der Waals surface area contributed by atoms with E-state index in [0.717, 1.165) is 18.2 Å².